The first-order chi connectivity index (χ1) is 14.4. The summed E-state index contributed by atoms with van der Waals surface area (Å²) in [6.45, 7) is 10.5. The molecule has 0 bridgehead atoms. The van der Waals surface area contributed by atoms with E-state index in [-0.39, 0.29) is 11.2 Å². The van der Waals surface area contributed by atoms with E-state index in [0.717, 1.165) is 31.2 Å². The Bertz CT molecular complexity index is 807. The molecule has 0 aliphatic rings. The Labute approximate surface area is 181 Å². The quantitative estimate of drug-likeness (QED) is 0.296. The lowest BCUT2D eigenvalue weighted by atomic mass is 9.89. The highest BCUT2D eigenvalue weighted by atomic mass is 16.5. The van der Waals surface area contributed by atoms with Gasteiger partial charge in [0, 0.05) is 6.07 Å². The Balaban J connectivity index is 0.00000218. The highest BCUT2D eigenvalue weighted by molar-refractivity contribution is 5.97. The second-order valence-electron chi connectivity index (χ2n) is 7.64. The van der Waals surface area contributed by atoms with Crippen molar-refractivity contribution in [3.8, 4) is 17.6 Å². The standard InChI is InChI=1S/C24H29NO3.C2H6/c1-19(26)22-13-12-21(28-17-20-10-6-4-7-11-20)16-23(22)27-15-9-5-8-14-24(2,3)18-25;1-2/h4,6-7,10-13,16H,5,8-9,14-15,17H2,1-3H3;1-2H3. The smallest absolute Gasteiger partial charge is 0.163 e. The molecule has 0 saturated carbocycles. The van der Waals surface area contributed by atoms with Crippen LogP contribution in [-0.4, -0.2) is 12.4 Å². The number of benzene rings is 2. The number of ether oxygens (including phenoxy) is 2. The monoisotopic (exact) mass is 409 g/mol. The van der Waals surface area contributed by atoms with Gasteiger partial charge in [0.2, 0.25) is 0 Å². The van der Waals surface area contributed by atoms with E-state index in [1.807, 2.05) is 58.0 Å². The minimum absolute atomic E-state index is 0.0274. The fraction of sp³-hybridized carbons (Fsp3) is 0.462. The molecule has 0 atom stereocenters. The summed E-state index contributed by atoms with van der Waals surface area (Å²) >= 11 is 0. The van der Waals surface area contributed by atoms with Crippen LogP contribution in [0.1, 0.15) is 76.2 Å². The van der Waals surface area contributed by atoms with Crippen molar-refractivity contribution in [3.63, 3.8) is 0 Å². The lowest BCUT2D eigenvalue weighted by Crippen LogP contribution is -2.08. The van der Waals surface area contributed by atoms with Gasteiger partial charge in [0.15, 0.2) is 5.78 Å². The van der Waals surface area contributed by atoms with E-state index in [1.165, 1.54) is 6.92 Å². The number of carbonyl (C=O) groups excluding carboxylic acids is 1. The summed E-state index contributed by atoms with van der Waals surface area (Å²) in [5.74, 6) is 1.22. The van der Waals surface area contributed by atoms with Gasteiger partial charge in [-0.2, -0.15) is 5.26 Å². The summed E-state index contributed by atoms with van der Waals surface area (Å²) in [6.07, 6.45) is 3.74. The molecule has 0 aromatic heterocycles. The number of Topliss-reactive ketones (excluding diaryl/α,β-unsaturated/α-hetero) is 1. The van der Waals surface area contributed by atoms with Crippen molar-refractivity contribution >= 4 is 5.78 Å². The van der Waals surface area contributed by atoms with Gasteiger partial charge in [-0.25, -0.2) is 0 Å². The molecular weight excluding hydrogens is 374 g/mol. The highest BCUT2D eigenvalue weighted by Crippen LogP contribution is 2.27. The Morgan fingerprint density at radius 1 is 1.00 bits per heavy atom. The third kappa shape index (κ3) is 9.13. The molecule has 2 aromatic carbocycles. The molecule has 2 aromatic rings. The molecule has 0 radical (unpaired) electrons. The average Bonchev–Trinajstić information content (AvgIpc) is 2.76. The van der Waals surface area contributed by atoms with Crippen molar-refractivity contribution in [2.45, 2.75) is 66.9 Å². The van der Waals surface area contributed by atoms with E-state index >= 15 is 0 Å². The molecule has 0 spiro atoms. The van der Waals surface area contributed by atoms with Crippen molar-refractivity contribution in [1.82, 2.24) is 0 Å². The summed E-state index contributed by atoms with van der Waals surface area (Å²) in [4.78, 5) is 11.9. The summed E-state index contributed by atoms with van der Waals surface area (Å²) in [6, 6.07) is 17.6. The van der Waals surface area contributed by atoms with E-state index in [0.29, 0.717) is 30.3 Å². The predicted octanol–water partition coefficient (Wildman–Crippen LogP) is 6.98. The fourth-order valence-corrected chi connectivity index (χ4v) is 2.83. The molecule has 4 heteroatoms. The first-order valence-electron chi connectivity index (χ1n) is 10.8. The number of hydrogen-bond donors (Lipinski definition) is 0. The molecule has 0 aliphatic carbocycles. The van der Waals surface area contributed by atoms with E-state index < -0.39 is 0 Å². The SMILES string of the molecule is CC.CC(=O)c1ccc(OCc2ccccc2)cc1OCCCCCC(C)(C)C#N. The average molecular weight is 410 g/mol. The van der Waals surface area contributed by atoms with Gasteiger partial charge >= 0.3 is 0 Å². The summed E-state index contributed by atoms with van der Waals surface area (Å²) < 4.78 is 11.7. The van der Waals surface area contributed by atoms with Crippen LogP contribution in [0, 0.1) is 16.7 Å². The molecule has 0 unspecified atom stereocenters. The molecule has 0 heterocycles. The zero-order chi connectivity index (χ0) is 22.4. The lowest BCUT2D eigenvalue weighted by molar-refractivity contribution is 0.101. The molecule has 2 rings (SSSR count). The predicted molar refractivity (Wildman–Crippen MR) is 122 cm³/mol. The van der Waals surface area contributed by atoms with Crippen LogP contribution < -0.4 is 9.47 Å². The van der Waals surface area contributed by atoms with Crippen LogP contribution in [0.2, 0.25) is 0 Å². The Morgan fingerprint density at radius 3 is 2.33 bits per heavy atom. The molecule has 0 amide bonds. The summed E-state index contributed by atoms with van der Waals surface area (Å²) in [7, 11) is 0. The van der Waals surface area contributed by atoms with Crippen LogP contribution >= 0.6 is 0 Å². The van der Waals surface area contributed by atoms with E-state index in [9.17, 15) is 4.79 Å². The molecule has 30 heavy (non-hydrogen) atoms. The van der Waals surface area contributed by atoms with Gasteiger partial charge in [-0.15, -0.1) is 0 Å². The number of unbranched alkanes of at least 4 members (excludes halogenated alkanes) is 2. The summed E-state index contributed by atoms with van der Waals surface area (Å²) in [5, 5.41) is 9.05. The first-order valence-corrected chi connectivity index (χ1v) is 10.8. The van der Waals surface area contributed by atoms with Gasteiger partial charge in [0.25, 0.3) is 0 Å². The highest BCUT2D eigenvalue weighted by Gasteiger charge is 2.15. The maximum atomic E-state index is 11.9. The Morgan fingerprint density at radius 2 is 1.70 bits per heavy atom. The lowest BCUT2D eigenvalue weighted by Gasteiger charge is -2.15. The van der Waals surface area contributed by atoms with E-state index in [4.69, 9.17) is 14.7 Å². The topological polar surface area (TPSA) is 59.3 Å². The van der Waals surface area contributed by atoms with Gasteiger partial charge in [-0.1, -0.05) is 57.0 Å². The van der Waals surface area contributed by atoms with Crippen molar-refractivity contribution < 1.29 is 14.3 Å². The number of hydrogen-bond acceptors (Lipinski definition) is 4. The first kappa shape index (κ1) is 25.2. The van der Waals surface area contributed by atoms with Crippen molar-refractivity contribution in [2.75, 3.05) is 6.61 Å². The number of nitriles is 1. The molecule has 4 nitrogen and oxygen atoms in total. The number of ketones is 1. The zero-order valence-electron chi connectivity index (χ0n) is 19.0. The number of carbonyl (C=O) groups is 1. The van der Waals surface area contributed by atoms with Gasteiger partial charge in [0.05, 0.1) is 23.7 Å². The second-order valence-corrected chi connectivity index (χ2v) is 7.64. The van der Waals surface area contributed by atoms with Gasteiger partial charge < -0.3 is 9.47 Å². The van der Waals surface area contributed by atoms with Gasteiger partial charge in [0.1, 0.15) is 18.1 Å². The van der Waals surface area contributed by atoms with Gasteiger partial charge in [-0.05, 0) is 51.3 Å². The van der Waals surface area contributed by atoms with Crippen molar-refractivity contribution in [3.05, 3.63) is 59.7 Å². The minimum Gasteiger partial charge on any atom is -0.493 e. The van der Waals surface area contributed by atoms with Crippen molar-refractivity contribution in [2.24, 2.45) is 5.41 Å². The number of nitrogens with zero attached hydrogens (tertiary/aromatic N) is 1. The Hall–Kier alpha value is -2.80. The summed E-state index contributed by atoms with van der Waals surface area (Å²) in [5.41, 5.74) is 1.38. The third-order valence-electron chi connectivity index (χ3n) is 4.59. The number of rotatable bonds is 11. The second kappa shape index (κ2) is 13.4. The van der Waals surface area contributed by atoms with Crippen LogP contribution in [-0.2, 0) is 6.61 Å². The molecular formula is C26H35NO3. The largest absolute Gasteiger partial charge is 0.493 e. The van der Waals surface area contributed by atoms with E-state index in [2.05, 4.69) is 6.07 Å². The third-order valence-corrected chi connectivity index (χ3v) is 4.59. The molecule has 0 N–H and O–H groups in total. The van der Waals surface area contributed by atoms with Gasteiger partial charge in [-0.3, -0.25) is 4.79 Å². The molecule has 162 valence electrons. The maximum Gasteiger partial charge on any atom is 0.163 e. The Kier molecular flexibility index (Phi) is 11.3. The van der Waals surface area contributed by atoms with Crippen LogP contribution in [0.25, 0.3) is 0 Å². The van der Waals surface area contributed by atoms with Crippen molar-refractivity contribution in [1.29, 1.82) is 5.26 Å². The maximum absolute atomic E-state index is 11.9. The molecule has 0 aliphatic heterocycles. The fourth-order valence-electron chi connectivity index (χ4n) is 2.83. The van der Waals surface area contributed by atoms with E-state index in [1.54, 1.807) is 18.2 Å². The van der Waals surface area contributed by atoms with Crippen LogP contribution in [0.3, 0.4) is 0 Å². The molecule has 0 saturated heterocycles. The van der Waals surface area contributed by atoms with Crippen LogP contribution in [0.4, 0.5) is 0 Å². The van der Waals surface area contributed by atoms with Crippen LogP contribution in [0.15, 0.2) is 48.5 Å². The van der Waals surface area contributed by atoms with Crippen LogP contribution in [0.5, 0.6) is 11.5 Å². The normalized spacial score (nSPS) is 10.4. The minimum atomic E-state index is -0.271. The molecule has 0 fully saturated rings. The zero-order valence-corrected chi connectivity index (χ0v) is 19.0.